The first-order chi connectivity index (χ1) is 14.6. The summed E-state index contributed by atoms with van der Waals surface area (Å²) < 4.78 is 0. The van der Waals surface area contributed by atoms with Crippen molar-refractivity contribution in [1.82, 2.24) is 25.9 Å². The molecule has 13 nitrogen and oxygen atoms in total. The lowest BCUT2D eigenvalue weighted by atomic mass is 10.1. The van der Waals surface area contributed by atoms with E-state index in [0.717, 1.165) is 0 Å². The fraction of sp³-hybridized carbons (Fsp3) is 0.500. The summed E-state index contributed by atoms with van der Waals surface area (Å²) in [5, 5.41) is 24.7. The van der Waals surface area contributed by atoms with E-state index in [1.54, 1.807) is 0 Å². The zero-order valence-corrected chi connectivity index (χ0v) is 17.9. The van der Waals surface area contributed by atoms with Gasteiger partial charge in [0.25, 0.3) is 0 Å². The van der Waals surface area contributed by atoms with E-state index in [4.69, 9.17) is 15.9 Å². The molecular formula is C16H24N6O7S2. The number of carboxylic acids is 2. The van der Waals surface area contributed by atoms with Crippen molar-refractivity contribution in [2.24, 2.45) is 5.73 Å². The van der Waals surface area contributed by atoms with E-state index in [-0.39, 0.29) is 17.9 Å². The highest BCUT2D eigenvalue weighted by atomic mass is 32.1. The van der Waals surface area contributed by atoms with Gasteiger partial charge in [0.1, 0.15) is 18.1 Å². The molecule has 3 amide bonds. The Hall–Kier alpha value is -2.78. The molecule has 1 heterocycles. The van der Waals surface area contributed by atoms with Crippen LogP contribution in [0.25, 0.3) is 0 Å². The lowest BCUT2D eigenvalue weighted by molar-refractivity contribution is -0.142. The van der Waals surface area contributed by atoms with Gasteiger partial charge in [-0.25, -0.2) is 9.78 Å². The van der Waals surface area contributed by atoms with Crippen LogP contribution in [-0.4, -0.2) is 85.5 Å². The molecule has 172 valence electrons. The van der Waals surface area contributed by atoms with Crippen molar-refractivity contribution >= 4 is 54.9 Å². The average Bonchev–Trinajstić information content (AvgIpc) is 3.21. The fourth-order valence-electron chi connectivity index (χ4n) is 2.31. The van der Waals surface area contributed by atoms with Crippen LogP contribution in [0.15, 0.2) is 12.5 Å². The topological polar surface area (TPSA) is 217 Å². The van der Waals surface area contributed by atoms with Gasteiger partial charge in [-0.15, -0.1) is 0 Å². The number of aliphatic carboxylic acids is 2. The molecule has 1 rings (SSSR count). The normalized spacial score (nSPS) is 14.5. The Morgan fingerprint density at radius 3 is 2.00 bits per heavy atom. The van der Waals surface area contributed by atoms with Crippen LogP contribution in [0.1, 0.15) is 12.1 Å². The largest absolute Gasteiger partial charge is 0.481 e. The molecule has 0 fully saturated rings. The summed E-state index contributed by atoms with van der Waals surface area (Å²) >= 11 is 7.77. The summed E-state index contributed by atoms with van der Waals surface area (Å²) in [4.78, 5) is 65.8. The number of carbonyl (C=O) groups excluding carboxylic acids is 3. The Bertz CT molecular complexity index is 791. The highest BCUT2D eigenvalue weighted by Crippen LogP contribution is 2.01. The maximum absolute atomic E-state index is 12.5. The fourth-order valence-corrected chi connectivity index (χ4v) is 2.82. The first-order valence-corrected chi connectivity index (χ1v) is 10.2. The number of hydrogen-bond acceptors (Lipinski definition) is 9. The zero-order chi connectivity index (χ0) is 23.6. The average molecular weight is 477 g/mol. The van der Waals surface area contributed by atoms with Crippen LogP contribution in [0.4, 0.5) is 0 Å². The third-order valence-corrected chi connectivity index (χ3v) is 4.69. The quantitative estimate of drug-likeness (QED) is 0.134. The molecule has 0 aliphatic rings. The molecule has 0 spiro atoms. The third-order valence-electron chi connectivity index (χ3n) is 3.96. The minimum atomic E-state index is -1.53. The molecule has 0 aromatic carbocycles. The van der Waals surface area contributed by atoms with Crippen molar-refractivity contribution in [3.63, 3.8) is 0 Å². The SMILES string of the molecule is NC(Cc1cnc[nH]1)C(=O)NC(CC(=O)O)C(=O)NC(CS)C(=O)NC(CS)C(=O)O. The molecule has 0 bridgehead atoms. The third kappa shape index (κ3) is 8.85. The Morgan fingerprint density at radius 2 is 1.52 bits per heavy atom. The number of nitrogens with two attached hydrogens (primary N) is 1. The Kier molecular flexibility index (Phi) is 10.8. The van der Waals surface area contributed by atoms with Crippen molar-refractivity contribution in [2.75, 3.05) is 11.5 Å². The van der Waals surface area contributed by atoms with Gasteiger partial charge in [0.15, 0.2) is 0 Å². The van der Waals surface area contributed by atoms with Crippen LogP contribution in [0.3, 0.4) is 0 Å². The first-order valence-electron chi connectivity index (χ1n) is 8.89. The van der Waals surface area contributed by atoms with Gasteiger partial charge in [-0.1, -0.05) is 0 Å². The van der Waals surface area contributed by atoms with Crippen LogP contribution >= 0.6 is 25.3 Å². The molecule has 15 heteroatoms. The molecule has 0 aliphatic carbocycles. The smallest absolute Gasteiger partial charge is 0.327 e. The van der Waals surface area contributed by atoms with Gasteiger partial charge in [-0.3, -0.25) is 19.2 Å². The number of hydrogen-bond donors (Lipinski definition) is 9. The molecule has 0 radical (unpaired) electrons. The van der Waals surface area contributed by atoms with Crippen molar-refractivity contribution in [3.05, 3.63) is 18.2 Å². The van der Waals surface area contributed by atoms with Crippen molar-refractivity contribution in [3.8, 4) is 0 Å². The number of imidazole rings is 1. The van der Waals surface area contributed by atoms with Gasteiger partial charge in [0.05, 0.1) is 18.8 Å². The summed E-state index contributed by atoms with van der Waals surface area (Å²) in [5.41, 5.74) is 6.34. The second kappa shape index (κ2) is 12.8. The van der Waals surface area contributed by atoms with Crippen molar-refractivity contribution in [2.45, 2.75) is 37.0 Å². The van der Waals surface area contributed by atoms with Crippen LogP contribution in [0.5, 0.6) is 0 Å². The highest BCUT2D eigenvalue weighted by molar-refractivity contribution is 7.80. The van der Waals surface area contributed by atoms with Crippen molar-refractivity contribution in [1.29, 1.82) is 0 Å². The summed E-state index contributed by atoms with van der Waals surface area (Å²) in [6, 6.07) is -5.22. The number of carbonyl (C=O) groups is 5. The molecule has 0 saturated carbocycles. The van der Waals surface area contributed by atoms with Crippen LogP contribution < -0.4 is 21.7 Å². The molecule has 8 N–H and O–H groups in total. The maximum Gasteiger partial charge on any atom is 0.327 e. The van der Waals surface area contributed by atoms with Gasteiger partial charge in [-0.2, -0.15) is 25.3 Å². The number of aromatic amines is 1. The number of amides is 3. The molecule has 1 aromatic rings. The lowest BCUT2D eigenvalue weighted by Gasteiger charge is -2.23. The Balaban J connectivity index is 2.80. The number of aromatic nitrogens is 2. The molecule has 4 atom stereocenters. The molecule has 4 unspecified atom stereocenters. The van der Waals surface area contributed by atoms with E-state index in [2.05, 4.69) is 51.2 Å². The Labute approximate surface area is 187 Å². The number of rotatable bonds is 13. The van der Waals surface area contributed by atoms with Gasteiger partial charge < -0.3 is 36.9 Å². The van der Waals surface area contributed by atoms with Crippen molar-refractivity contribution < 1.29 is 34.2 Å². The molecule has 0 aliphatic heterocycles. The van der Waals surface area contributed by atoms with Gasteiger partial charge in [0.2, 0.25) is 17.7 Å². The van der Waals surface area contributed by atoms with E-state index in [9.17, 15) is 24.0 Å². The van der Waals surface area contributed by atoms with Crippen LogP contribution in [-0.2, 0) is 30.4 Å². The zero-order valence-electron chi connectivity index (χ0n) is 16.1. The van der Waals surface area contributed by atoms with Crippen LogP contribution in [0.2, 0.25) is 0 Å². The van der Waals surface area contributed by atoms with E-state index < -0.39 is 60.2 Å². The van der Waals surface area contributed by atoms with E-state index in [0.29, 0.717) is 5.69 Å². The predicted octanol–water partition coefficient (Wildman–Crippen LogP) is -2.85. The summed E-state index contributed by atoms with van der Waals surface area (Å²) in [7, 11) is 0. The molecule has 1 aromatic heterocycles. The summed E-state index contributed by atoms with van der Waals surface area (Å²) in [6.07, 6.45) is 2.14. The highest BCUT2D eigenvalue weighted by Gasteiger charge is 2.30. The molecule has 0 saturated heterocycles. The molecular weight excluding hydrogens is 452 g/mol. The number of carboxylic acid groups (broad SMARTS) is 2. The summed E-state index contributed by atoms with van der Waals surface area (Å²) in [6.45, 7) is 0. The van der Waals surface area contributed by atoms with Crippen LogP contribution in [0, 0.1) is 0 Å². The maximum atomic E-state index is 12.5. The van der Waals surface area contributed by atoms with Gasteiger partial charge >= 0.3 is 11.9 Å². The molecule has 31 heavy (non-hydrogen) atoms. The second-order valence-corrected chi connectivity index (χ2v) is 7.10. The first kappa shape index (κ1) is 26.3. The monoisotopic (exact) mass is 476 g/mol. The van der Waals surface area contributed by atoms with E-state index >= 15 is 0 Å². The minimum Gasteiger partial charge on any atom is -0.481 e. The number of thiol groups is 2. The minimum absolute atomic E-state index is 0.0647. The number of nitrogens with zero attached hydrogens (tertiary/aromatic N) is 1. The predicted molar refractivity (Wildman–Crippen MR) is 114 cm³/mol. The standard InChI is InChI=1S/C16H24N6O7S2/c17-8(1-7-3-18-6-19-7)13(25)20-9(2-12(23)24)14(26)21-10(4-30)15(27)22-11(5-31)16(28)29/h3,6,8-11,30-31H,1-2,4-5,17H2,(H,18,19)(H,20,25)(H,21,26)(H,22,27)(H,23,24)(H,28,29). The van der Waals surface area contributed by atoms with Gasteiger partial charge in [0, 0.05) is 29.8 Å². The van der Waals surface area contributed by atoms with Gasteiger partial charge in [-0.05, 0) is 0 Å². The second-order valence-electron chi connectivity index (χ2n) is 6.37. The Morgan fingerprint density at radius 1 is 0.968 bits per heavy atom. The lowest BCUT2D eigenvalue weighted by Crippen LogP contribution is -2.58. The van der Waals surface area contributed by atoms with E-state index in [1.165, 1.54) is 12.5 Å². The summed E-state index contributed by atoms with van der Waals surface area (Å²) in [5.74, 6) is -5.74. The number of H-pyrrole nitrogens is 1. The van der Waals surface area contributed by atoms with E-state index in [1.807, 2.05) is 0 Å². The number of nitrogens with one attached hydrogen (secondary N) is 4.